The second-order valence-electron chi connectivity index (χ2n) is 11.5. The van der Waals surface area contributed by atoms with Gasteiger partial charge in [-0.1, -0.05) is 62.4 Å². The summed E-state index contributed by atoms with van der Waals surface area (Å²) in [5.74, 6) is -1.10. The minimum atomic E-state index is -4.03. The van der Waals surface area contributed by atoms with Crippen molar-refractivity contribution in [1.29, 1.82) is 0 Å². The second kappa shape index (κ2) is 16.9. The summed E-state index contributed by atoms with van der Waals surface area (Å²) < 4.78 is 53.0. The maximum absolute atomic E-state index is 13.8. The Morgan fingerprint density at radius 1 is 0.787 bits per heavy atom. The predicted molar refractivity (Wildman–Crippen MR) is 181 cm³/mol. The van der Waals surface area contributed by atoms with Gasteiger partial charge in [-0.25, -0.2) is 26.1 Å². The summed E-state index contributed by atoms with van der Waals surface area (Å²) in [5.41, 5.74) is 0.766. The van der Waals surface area contributed by atoms with Crippen LogP contribution >= 0.6 is 0 Å². The van der Waals surface area contributed by atoms with E-state index >= 15 is 0 Å². The molecule has 3 rings (SSSR count). The molecular formula is C33H45N5O7S2. The number of hydrazine groups is 1. The Bertz CT molecular complexity index is 1700. The maximum atomic E-state index is 13.8. The molecular weight excluding hydrogens is 643 g/mol. The summed E-state index contributed by atoms with van der Waals surface area (Å²) in [5, 5.41) is 15.4. The number of amides is 2. The highest BCUT2D eigenvalue weighted by molar-refractivity contribution is 7.89. The fraction of sp³-hybridized carbons (Fsp3) is 0.394. The number of nitrogens with one attached hydrogen (secondary N) is 2. The highest BCUT2D eigenvalue weighted by atomic mass is 32.2. The Labute approximate surface area is 278 Å². The molecule has 2 unspecified atom stereocenters. The average Bonchev–Trinajstić information content (AvgIpc) is 3.04. The number of carbonyl (C=O) groups is 2. The summed E-state index contributed by atoms with van der Waals surface area (Å²) in [6.45, 7) is 4.59. The van der Waals surface area contributed by atoms with Crippen molar-refractivity contribution in [2.45, 2.75) is 55.0 Å². The highest BCUT2D eigenvalue weighted by Gasteiger charge is 2.28. The van der Waals surface area contributed by atoms with Crippen LogP contribution < -0.4 is 10.1 Å². The number of carbonyl (C=O) groups excluding carboxylic acids is 2. The molecule has 0 saturated carbocycles. The van der Waals surface area contributed by atoms with Gasteiger partial charge in [-0.3, -0.25) is 9.59 Å². The molecule has 47 heavy (non-hydrogen) atoms. The van der Waals surface area contributed by atoms with Crippen molar-refractivity contribution in [3.8, 4) is 0 Å². The highest BCUT2D eigenvalue weighted by Crippen LogP contribution is 2.21. The van der Waals surface area contributed by atoms with Crippen molar-refractivity contribution in [3.63, 3.8) is 0 Å². The van der Waals surface area contributed by atoms with Crippen molar-refractivity contribution < 1.29 is 31.5 Å². The maximum Gasteiger partial charge on any atom is 0.253 e. The third kappa shape index (κ3) is 10.4. The van der Waals surface area contributed by atoms with Crippen LogP contribution in [0, 0.1) is 0 Å². The average molecular weight is 688 g/mol. The van der Waals surface area contributed by atoms with E-state index in [2.05, 4.69) is 10.1 Å². The largest absolute Gasteiger partial charge is 0.390 e. The van der Waals surface area contributed by atoms with E-state index in [9.17, 15) is 31.5 Å². The van der Waals surface area contributed by atoms with E-state index in [1.807, 2.05) is 44.2 Å². The van der Waals surface area contributed by atoms with Gasteiger partial charge in [-0.05, 0) is 55.2 Å². The van der Waals surface area contributed by atoms with Crippen LogP contribution in [-0.4, -0.2) is 101 Å². The summed E-state index contributed by atoms with van der Waals surface area (Å²) >= 11 is 0. The SMILES string of the molecule is CCCN(CCC)C(=O)c1cc(C(=O)NC(Cc2ccccc2)C(O)CN(C)NS(=O)(=O)c2ccccc2)cc(S(=O)(=O)N(C)C)c1. The molecule has 3 N–H and O–H groups in total. The van der Waals surface area contributed by atoms with E-state index in [1.165, 1.54) is 56.5 Å². The molecule has 3 aromatic rings. The van der Waals surface area contributed by atoms with Crippen LogP contribution in [0.1, 0.15) is 53.0 Å². The van der Waals surface area contributed by atoms with Crippen molar-refractivity contribution in [2.75, 3.05) is 40.8 Å². The molecule has 0 aromatic heterocycles. The van der Waals surface area contributed by atoms with Crippen LogP contribution in [0.2, 0.25) is 0 Å². The molecule has 0 bridgehead atoms. The van der Waals surface area contributed by atoms with Gasteiger partial charge in [0.05, 0.1) is 21.9 Å². The second-order valence-corrected chi connectivity index (χ2v) is 15.3. The minimum Gasteiger partial charge on any atom is -0.390 e. The first-order valence-electron chi connectivity index (χ1n) is 15.4. The minimum absolute atomic E-state index is 0.0461. The monoisotopic (exact) mass is 687 g/mol. The van der Waals surface area contributed by atoms with E-state index in [-0.39, 0.29) is 33.9 Å². The molecule has 2 atom stereocenters. The lowest BCUT2D eigenvalue weighted by Crippen LogP contribution is -2.52. The lowest BCUT2D eigenvalue weighted by Gasteiger charge is -2.28. The van der Waals surface area contributed by atoms with Gasteiger partial charge in [-0.15, -0.1) is 4.83 Å². The molecule has 0 aliphatic heterocycles. The van der Waals surface area contributed by atoms with Gasteiger partial charge in [0, 0.05) is 51.9 Å². The van der Waals surface area contributed by atoms with E-state index in [4.69, 9.17) is 0 Å². The van der Waals surface area contributed by atoms with Gasteiger partial charge in [0.15, 0.2) is 0 Å². The third-order valence-electron chi connectivity index (χ3n) is 7.34. The summed E-state index contributed by atoms with van der Waals surface area (Å²) in [4.78, 5) is 31.2. The van der Waals surface area contributed by atoms with Crippen molar-refractivity contribution in [2.24, 2.45) is 0 Å². The molecule has 0 aliphatic carbocycles. The number of benzene rings is 3. The zero-order chi connectivity index (χ0) is 34.8. The molecule has 0 saturated heterocycles. The third-order valence-corrected chi connectivity index (χ3v) is 10.6. The zero-order valence-electron chi connectivity index (χ0n) is 27.5. The van der Waals surface area contributed by atoms with E-state index in [0.717, 1.165) is 9.87 Å². The molecule has 0 radical (unpaired) electrons. The Morgan fingerprint density at radius 2 is 1.34 bits per heavy atom. The molecule has 3 aromatic carbocycles. The summed E-state index contributed by atoms with van der Waals surface area (Å²) in [7, 11) is -3.78. The number of rotatable bonds is 17. The first kappa shape index (κ1) is 37.8. The quantitative estimate of drug-likeness (QED) is 0.183. The van der Waals surface area contributed by atoms with Gasteiger partial charge >= 0.3 is 0 Å². The number of sulfonamides is 2. The standard InChI is InChI=1S/C33H45N5O7S2/c1-6-18-38(19-7-2)33(41)27-21-26(22-29(23-27)47(44,45)36(3)4)32(40)34-30(20-25-14-10-8-11-15-25)31(39)24-37(5)35-46(42,43)28-16-12-9-13-17-28/h8-17,21-23,30-31,35,39H,6-7,18-20,24H2,1-5H3,(H,34,40). The first-order chi connectivity index (χ1) is 22.2. The lowest BCUT2D eigenvalue weighted by atomic mass is 10.00. The van der Waals surface area contributed by atoms with Gasteiger partial charge in [0.2, 0.25) is 10.0 Å². The van der Waals surface area contributed by atoms with E-state index in [0.29, 0.717) is 25.9 Å². The van der Waals surface area contributed by atoms with Crippen molar-refractivity contribution >= 4 is 31.9 Å². The van der Waals surface area contributed by atoms with Crippen LogP contribution in [-0.2, 0) is 26.5 Å². The number of hydrogen-bond acceptors (Lipinski definition) is 8. The van der Waals surface area contributed by atoms with Crippen molar-refractivity contribution in [1.82, 2.24) is 24.4 Å². The van der Waals surface area contributed by atoms with Crippen LogP contribution in [0.4, 0.5) is 0 Å². The molecule has 0 heterocycles. The fourth-order valence-corrected chi connectivity index (χ4v) is 7.04. The number of likely N-dealkylation sites (N-methyl/N-ethyl adjacent to an activating group) is 1. The molecule has 0 aliphatic rings. The fourth-order valence-electron chi connectivity index (χ4n) is 4.96. The van der Waals surface area contributed by atoms with E-state index in [1.54, 1.807) is 23.1 Å². The normalized spacial score (nSPS) is 13.4. The number of aliphatic hydroxyl groups is 1. The van der Waals surface area contributed by atoms with Crippen LogP contribution in [0.15, 0.2) is 88.7 Å². The number of nitrogens with zero attached hydrogens (tertiary/aromatic N) is 3. The van der Waals surface area contributed by atoms with Gasteiger partial charge in [-0.2, -0.15) is 0 Å². The van der Waals surface area contributed by atoms with Crippen LogP contribution in [0.5, 0.6) is 0 Å². The Morgan fingerprint density at radius 3 is 1.89 bits per heavy atom. The first-order valence-corrected chi connectivity index (χ1v) is 18.3. The van der Waals surface area contributed by atoms with Gasteiger partial charge in [0.1, 0.15) is 0 Å². The molecule has 12 nitrogen and oxygen atoms in total. The van der Waals surface area contributed by atoms with Gasteiger partial charge in [0.25, 0.3) is 21.8 Å². The number of aliphatic hydroxyl groups excluding tert-OH is 1. The summed E-state index contributed by atoms with van der Waals surface area (Å²) in [6.07, 6.45) is 0.296. The zero-order valence-corrected chi connectivity index (χ0v) is 29.1. The van der Waals surface area contributed by atoms with Gasteiger partial charge < -0.3 is 15.3 Å². The number of hydrogen-bond donors (Lipinski definition) is 3. The molecule has 0 spiro atoms. The Hall–Kier alpha value is -3.66. The molecule has 14 heteroatoms. The topological polar surface area (TPSA) is 156 Å². The van der Waals surface area contributed by atoms with Crippen LogP contribution in [0.25, 0.3) is 0 Å². The van der Waals surface area contributed by atoms with Crippen LogP contribution in [0.3, 0.4) is 0 Å². The lowest BCUT2D eigenvalue weighted by molar-refractivity contribution is 0.0687. The van der Waals surface area contributed by atoms with Crippen molar-refractivity contribution in [3.05, 3.63) is 95.6 Å². The Kier molecular flexibility index (Phi) is 13.6. The molecule has 0 fully saturated rings. The summed E-state index contributed by atoms with van der Waals surface area (Å²) in [6, 6.07) is 19.8. The Balaban J connectivity index is 1.95. The van der Waals surface area contributed by atoms with E-state index < -0.39 is 44.0 Å². The smallest absolute Gasteiger partial charge is 0.253 e. The molecule has 256 valence electrons. The molecule has 2 amide bonds. The predicted octanol–water partition coefficient (Wildman–Crippen LogP) is 2.73.